The van der Waals surface area contributed by atoms with Crippen LogP contribution in [-0.2, 0) is 16.4 Å². The molecule has 9 heteroatoms. The lowest BCUT2D eigenvalue weighted by molar-refractivity contribution is 0.0804. The Balaban J connectivity index is 1.49. The van der Waals surface area contributed by atoms with Crippen LogP contribution in [0.25, 0.3) is 10.9 Å². The summed E-state index contributed by atoms with van der Waals surface area (Å²) in [5.74, 6) is -0.836. The Morgan fingerprint density at radius 2 is 1.83 bits per heavy atom. The highest BCUT2D eigenvalue weighted by Crippen LogP contribution is 2.44. The fourth-order valence-electron chi connectivity index (χ4n) is 5.55. The molecule has 188 valence electrons. The summed E-state index contributed by atoms with van der Waals surface area (Å²) >= 11 is 0. The normalized spacial score (nSPS) is 21.7. The molecule has 2 aliphatic rings. The smallest absolute Gasteiger partial charge is 0.212 e. The molecule has 5 rings (SSSR count). The number of nitrogens with zero attached hydrogens (tertiary/aromatic N) is 2. The molecule has 3 heterocycles. The van der Waals surface area contributed by atoms with E-state index in [-0.39, 0.29) is 11.3 Å². The van der Waals surface area contributed by atoms with Gasteiger partial charge in [0.25, 0.3) is 0 Å². The third-order valence-electron chi connectivity index (χ3n) is 7.30. The van der Waals surface area contributed by atoms with Gasteiger partial charge in [0.2, 0.25) is 10.0 Å². The SMILES string of the molecule is CCC1CN(CCOc2cc(F)c([C@@H]3c4[nH]c5ccccc5c4C[C@@H](C)N3S(C)(=O)=O)c(F)c2)C1. The van der Waals surface area contributed by atoms with Crippen molar-refractivity contribution in [3.8, 4) is 5.75 Å². The van der Waals surface area contributed by atoms with Gasteiger partial charge in [0, 0.05) is 60.0 Å². The second-order valence-electron chi connectivity index (χ2n) is 9.79. The van der Waals surface area contributed by atoms with Crippen LogP contribution in [0.3, 0.4) is 0 Å². The largest absolute Gasteiger partial charge is 0.492 e. The first-order chi connectivity index (χ1) is 16.7. The van der Waals surface area contributed by atoms with Crippen LogP contribution < -0.4 is 4.74 Å². The summed E-state index contributed by atoms with van der Waals surface area (Å²) in [6.07, 6.45) is 2.68. The van der Waals surface area contributed by atoms with E-state index in [0.717, 1.165) is 60.3 Å². The number of hydrogen-bond donors (Lipinski definition) is 1. The van der Waals surface area contributed by atoms with Crippen molar-refractivity contribution in [2.45, 2.75) is 38.8 Å². The molecule has 0 spiro atoms. The number of benzene rings is 2. The van der Waals surface area contributed by atoms with Crippen molar-refractivity contribution in [3.05, 3.63) is 64.9 Å². The summed E-state index contributed by atoms with van der Waals surface area (Å²) in [6, 6.07) is 8.29. The van der Waals surface area contributed by atoms with Crippen LogP contribution in [0, 0.1) is 17.6 Å². The van der Waals surface area contributed by atoms with Crippen molar-refractivity contribution < 1.29 is 21.9 Å². The molecule has 6 nitrogen and oxygen atoms in total. The number of likely N-dealkylation sites (tertiary alicyclic amines) is 1. The molecule has 0 radical (unpaired) electrons. The molecule has 1 aromatic heterocycles. The van der Waals surface area contributed by atoms with Gasteiger partial charge in [-0.15, -0.1) is 0 Å². The van der Waals surface area contributed by atoms with E-state index >= 15 is 8.78 Å². The molecule has 0 amide bonds. The molecule has 1 fully saturated rings. The second-order valence-corrected chi connectivity index (χ2v) is 11.7. The van der Waals surface area contributed by atoms with Crippen LogP contribution in [0.1, 0.15) is 43.1 Å². The number of aromatic amines is 1. The maximum absolute atomic E-state index is 15.5. The topological polar surface area (TPSA) is 65.6 Å². The summed E-state index contributed by atoms with van der Waals surface area (Å²) in [5, 5.41) is 0.935. The molecule has 2 atom stereocenters. The molecule has 2 aromatic carbocycles. The van der Waals surface area contributed by atoms with Crippen molar-refractivity contribution in [2.75, 3.05) is 32.5 Å². The van der Waals surface area contributed by atoms with Crippen molar-refractivity contribution >= 4 is 20.9 Å². The van der Waals surface area contributed by atoms with Crippen molar-refractivity contribution in [1.82, 2.24) is 14.2 Å². The molecule has 2 aliphatic heterocycles. The summed E-state index contributed by atoms with van der Waals surface area (Å²) in [4.78, 5) is 5.50. The standard InChI is InChI=1S/C26H31F2N3O3S/c1-4-17-14-30(15-17)9-10-34-18-12-21(27)24(22(28)13-18)26-25-20(11-16(2)31(26)35(3,32)33)19-7-5-6-8-23(19)29-25/h5-8,12-13,16-17,26,29H,4,9-11,14-15H2,1-3H3/t16-,26-/m1/s1. The Labute approximate surface area is 204 Å². The molecule has 35 heavy (non-hydrogen) atoms. The predicted octanol–water partition coefficient (Wildman–Crippen LogP) is 4.46. The van der Waals surface area contributed by atoms with Gasteiger partial charge in [-0.1, -0.05) is 31.5 Å². The Morgan fingerprint density at radius 1 is 1.14 bits per heavy atom. The lowest BCUT2D eigenvalue weighted by Gasteiger charge is -2.39. The van der Waals surface area contributed by atoms with Crippen LogP contribution in [0.2, 0.25) is 0 Å². The molecule has 0 bridgehead atoms. The minimum Gasteiger partial charge on any atom is -0.492 e. The number of sulfonamides is 1. The van der Waals surface area contributed by atoms with E-state index in [9.17, 15) is 8.42 Å². The average molecular weight is 504 g/mol. The number of fused-ring (bicyclic) bond motifs is 3. The fraction of sp³-hybridized carbons (Fsp3) is 0.462. The van der Waals surface area contributed by atoms with Gasteiger partial charge >= 0.3 is 0 Å². The zero-order valence-corrected chi connectivity index (χ0v) is 21.0. The Morgan fingerprint density at radius 3 is 2.49 bits per heavy atom. The van der Waals surface area contributed by atoms with Gasteiger partial charge in [-0.25, -0.2) is 17.2 Å². The molecule has 0 unspecified atom stereocenters. The lowest BCUT2D eigenvalue weighted by Crippen LogP contribution is -2.47. The molecule has 0 saturated carbocycles. The van der Waals surface area contributed by atoms with Gasteiger partial charge in [0.05, 0.1) is 12.3 Å². The second kappa shape index (κ2) is 9.19. The summed E-state index contributed by atoms with van der Waals surface area (Å²) < 4.78 is 63.6. The van der Waals surface area contributed by atoms with Crippen molar-refractivity contribution in [2.24, 2.45) is 5.92 Å². The number of rotatable bonds is 7. The van der Waals surface area contributed by atoms with Gasteiger partial charge in [0.15, 0.2) is 0 Å². The minimum atomic E-state index is -3.78. The van der Waals surface area contributed by atoms with E-state index < -0.39 is 33.7 Å². The van der Waals surface area contributed by atoms with E-state index in [1.165, 1.54) is 4.31 Å². The van der Waals surface area contributed by atoms with Crippen molar-refractivity contribution in [3.63, 3.8) is 0 Å². The molecule has 1 N–H and O–H groups in total. The minimum absolute atomic E-state index is 0.1000. The highest BCUT2D eigenvalue weighted by atomic mass is 32.2. The fourth-order valence-corrected chi connectivity index (χ4v) is 6.87. The van der Waals surface area contributed by atoms with Gasteiger partial charge in [-0.2, -0.15) is 4.31 Å². The molecular weight excluding hydrogens is 472 g/mol. The van der Waals surface area contributed by atoms with Crippen LogP contribution in [-0.4, -0.2) is 61.1 Å². The number of ether oxygens (including phenoxy) is 1. The van der Waals surface area contributed by atoms with E-state index in [2.05, 4.69) is 16.8 Å². The quantitative estimate of drug-likeness (QED) is 0.517. The molecule has 0 aliphatic carbocycles. The van der Waals surface area contributed by atoms with E-state index in [1.807, 2.05) is 24.3 Å². The van der Waals surface area contributed by atoms with Crippen molar-refractivity contribution in [1.29, 1.82) is 0 Å². The van der Waals surface area contributed by atoms with E-state index in [0.29, 0.717) is 25.3 Å². The third-order valence-corrected chi connectivity index (χ3v) is 8.64. The first-order valence-corrected chi connectivity index (χ1v) is 13.9. The lowest BCUT2D eigenvalue weighted by atomic mass is 9.90. The van der Waals surface area contributed by atoms with Gasteiger partial charge in [-0.05, 0) is 30.9 Å². The number of aromatic nitrogens is 1. The number of nitrogens with one attached hydrogen (secondary N) is 1. The highest BCUT2D eigenvalue weighted by Gasteiger charge is 2.43. The molecule has 3 aromatic rings. The zero-order chi connectivity index (χ0) is 24.9. The average Bonchev–Trinajstić information content (AvgIpc) is 3.12. The molecule has 1 saturated heterocycles. The monoisotopic (exact) mass is 503 g/mol. The highest BCUT2D eigenvalue weighted by molar-refractivity contribution is 7.88. The van der Waals surface area contributed by atoms with Crippen LogP contribution in [0.4, 0.5) is 8.78 Å². The predicted molar refractivity (Wildman–Crippen MR) is 132 cm³/mol. The van der Waals surface area contributed by atoms with E-state index in [4.69, 9.17) is 4.74 Å². The van der Waals surface area contributed by atoms with E-state index in [1.54, 1.807) is 6.92 Å². The van der Waals surface area contributed by atoms with Gasteiger partial charge in [0.1, 0.15) is 24.0 Å². The Kier molecular flexibility index (Phi) is 6.35. The third kappa shape index (κ3) is 4.45. The maximum atomic E-state index is 15.5. The summed E-state index contributed by atoms with van der Waals surface area (Å²) in [5.41, 5.74) is 1.90. The number of hydrogen-bond acceptors (Lipinski definition) is 4. The Hall–Kier alpha value is -2.49. The molecular formula is C26H31F2N3O3S. The first kappa shape index (κ1) is 24.2. The first-order valence-electron chi connectivity index (χ1n) is 12.1. The van der Waals surface area contributed by atoms with Crippen LogP contribution in [0.5, 0.6) is 5.75 Å². The van der Waals surface area contributed by atoms with Gasteiger partial charge < -0.3 is 9.72 Å². The summed E-state index contributed by atoms with van der Waals surface area (Å²) in [7, 11) is -3.78. The van der Waals surface area contributed by atoms with Crippen LogP contribution in [0.15, 0.2) is 36.4 Å². The zero-order valence-electron chi connectivity index (χ0n) is 20.2. The number of para-hydroxylation sites is 1. The number of H-pyrrole nitrogens is 1. The maximum Gasteiger partial charge on any atom is 0.212 e. The number of halogens is 2. The Bertz CT molecular complexity index is 1330. The summed E-state index contributed by atoms with van der Waals surface area (Å²) in [6.45, 7) is 7.01. The van der Waals surface area contributed by atoms with Crippen LogP contribution >= 0.6 is 0 Å². The van der Waals surface area contributed by atoms with Gasteiger partial charge in [-0.3, -0.25) is 4.90 Å².